The van der Waals surface area contributed by atoms with Crippen LogP contribution in [-0.2, 0) is 0 Å². The second kappa shape index (κ2) is 9.04. The summed E-state index contributed by atoms with van der Waals surface area (Å²) in [5.74, 6) is 0.914. The zero-order valence-electron chi connectivity index (χ0n) is 18.0. The molecule has 0 spiro atoms. The van der Waals surface area contributed by atoms with Crippen molar-refractivity contribution in [3.8, 4) is 5.75 Å². The van der Waals surface area contributed by atoms with Crippen molar-refractivity contribution >= 4 is 32.6 Å². The maximum Gasteiger partial charge on any atom is 0.253 e. The lowest BCUT2D eigenvalue weighted by molar-refractivity contribution is 0.0746. The van der Waals surface area contributed by atoms with Gasteiger partial charge in [0.05, 0.1) is 16.8 Å². The second-order valence-electron chi connectivity index (χ2n) is 7.86. The molecule has 1 saturated heterocycles. The highest BCUT2D eigenvalue weighted by Crippen LogP contribution is 2.32. The molecule has 0 atom stereocenters. The Labute approximate surface area is 182 Å². The van der Waals surface area contributed by atoms with Gasteiger partial charge in [-0.2, -0.15) is 0 Å². The molecule has 158 valence electrons. The Hall–Kier alpha value is -2.60. The Morgan fingerprint density at radius 2 is 1.80 bits per heavy atom. The van der Waals surface area contributed by atoms with Crippen LogP contribution in [-0.4, -0.2) is 48.6 Å². The molecular weight excluding hydrogens is 394 g/mol. The first-order chi connectivity index (χ1) is 14.6. The van der Waals surface area contributed by atoms with Gasteiger partial charge in [0.15, 0.2) is 5.13 Å². The quantitative estimate of drug-likeness (QED) is 0.520. The van der Waals surface area contributed by atoms with Gasteiger partial charge in [-0.3, -0.25) is 4.79 Å². The number of hydrogen-bond acceptors (Lipinski definition) is 5. The average molecular weight is 424 g/mol. The van der Waals surface area contributed by atoms with Gasteiger partial charge in [0.1, 0.15) is 5.75 Å². The predicted molar refractivity (Wildman–Crippen MR) is 124 cm³/mol. The van der Waals surface area contributed by atoms with Crippen molar-refractivity contribution in [3.63, 3.8) is 0 Å². The molecule has 1 fully saturated rings. The highest BCUT2D eigenvalue weighted by atomic mass is 32.1. The van der Waals surface area contributed by atoms with E-state index in [-0.39, 0.29) is 5.91 Å². The highest BCUT2D eigenvalue weighted by Gasteiger charge is 2.24. The van der Waals surface area contributed by atoms with Crippen LogP contribution in [0.4, 0.5) is 5.13 Å². The molecule has 0 aliphatic carbocycles. The van der Waals surface area contributed by atoms with Crippen LogP contribution in [0, 0.1) is 13.8 Å². The molecule has 3 aromatic rings. The molecule has 1 amide bonds. The molecule has 1 aliphatic heterocycles. The van der Waals surface area contributed by atoms with Crippen molar-refractivity contribution < 1.29 is 9.53 Å². The first kappa shape index (κ1) is 20.7. The number of unbranched alkanes of at least 4 members (excludes halogenated alkanes) is 1. The van der Waals surface area contributed by atoms with Crippen molar-refractivity contribution in [2.45, 2.75) is 33.6 Å². The standard InChI is InChI=1S/C24H29N3O2S/c1-4-5-16-29-20-9-7-19(8-10-20)23(28)26-12-14-27(15-13-26)24-25-22-18(3)17(2)6-11-21(22)30-24/h6-11H,4-5,12-16H2,1-3H3. The van der Waals surface area contributed by atoms with E-state index in [4.69, 9.17) is 9.72 Å². The zero-order valence-corrected chi connectivity index (χ0v) is 18.8. The normalized spacial score (nSPS) is 14.4. The Bertz CT molecular complexity index is 1020. The fourth-order valence-electron chi connectivity index (χ4n) is 3.66. The lowest BCUT2D eigenvalue weighted by atomic mass is 10.1. The lowest BCUT2D eigenvalue weighted by Gasteiger charge is -2.34. The molecule has 30 heavy (non-hydrogen) atoms. The van der Waals surface area contributed by atoms with E-state index in [0.717, 1.165) is 54.5 Å². The van der Waals surface area contributed by atoms with Gasteiger partial charge in [0.2, 0.25) is 0 Å². The molecule has 0 bridgehead atoms. The first-order valence-electron chi connectivity index (χ1n) is 10.7. The third-order valence-electron chi connectivity index (χ3n) is 5.78. The molecule has 5 nitrogen and oxygen atoms in total. The topological polar surface area (TPSA) is 45.7 Å². The van der Waals surface area contributed by atoms with Gasteiger partial charge >= 0.3 is 0 Å². The summed E-state index contributed by atoms with van der Waals surface area (Å²) in [4.78, 5) is 22.0. The summed E-state index contributed by atoms with van der Waals surface area (Å²) in [6, 6.07) is 11.9. The summed E-state index contributed by atoms with van der Waals surface area (Å²) in [6.45, 7) is 10.2. The van der Waals surface area contributed by atoms with Crippen molar-refractivity contribution in [1.29, 1.82) is 0 Å². The van der Waals surface area contributed by atoms with Gasteiger partial charge in [0.25, 0.3) is 5.91 Å². The van der Waals surface area contributed by atoms with E-state index >= 15 is 0 Å². The molecular formula is C24H29N3O2S. The maximum atomic E-state index is 12.9. The first-order valence-corrected chi connectivity index (χ1v) is 11.5. The minimum atomic E-state index is 0.0885. The Balaban J connectivity index is 1.37. The van der Waals surface area contributed by atoms with Crippen molar-refractivity contribution in [1.82, 2.24) is 9.88 Å². The summed E-state index contributed by atoms with van der Waals surface area (Å²) in [6.07, 6.45) is 2.15. The molecule has 0 saturated carbocycles. The van der Waals surface area contributed by atoms with E-state index in [1.807, 2.05) is 29.2 Å². The molecule has 2 aromatic carbocycles. The van der Waals surface area contributed by atoms with Crippen LogP contribution in [0.2, 0.25) is 0 Å². The van der Waals surface area contributed by atoms with Crippen LogP contribution >= 0.6 is 11.3 Å². The third kappa shape index (κ3) is 4.29. The summed E-state index contributed by atoms with van der Waals surface area (Å²) in [5, 5.41) is 1.05. The fraction of sp³-hybridized carbons (Fsp3) is 0.417. The number of amides is 1. The van der Waals surface area contributed by atoms with Gasteiger partial charge in [-0.1, -0.05) is 30.7 Å². The Morgan fingerprint density at radius 3 is 2.50 bits per heavy atom. The second-order valence-corrected chi connectivity index (χ2v) is 8.87. The SMILES string of the molecule is CCCCOc1ccc(C(=O)N2CCN(c3nc4c(C)c(C)ccc4s3)CC2)cc1. The summed E-state index contributed by atoms with van der Waals surface area (Å²) in [5.41, 5.74) is 4.36. The number of ether oxygens (including phenoxy) is 1. The maximum absolute atomic E-state index is 12.9. The number of thiazole rings is 1. The number of rotatable bonds is 6. The zero-order chi connectivity index (χ0) is 21.1. The van der Waals surface area contributed by atoms with E-state index in [0.29, 0.717) is 13.1 Å². The number of nitrogens with zero attached hydrogens (tertiary/aromatic N) is 3. The summed E-state index contributed by atoms with van der Waals surface area (Å²) < 4.78 is 6.92. The van der Waals surface area contributed by atoms with Crippen molar-refractivity contribution in [2.75, 3.05) is 37.7 Å². The predicted octanol–water partition coefficient (Wildman–Crippen LogP) is 5.05. The molecule has 4 rings (SSSR count). The lowest BCUT2D eigenvalue weighted by Crippen LogP contribution is -2.48. The Kier molecular flexibility index (Phi) is 6.23. The number of carbonyl (C=O) groups is 1. The molecule has 1 aliphatic rings. The van der Waals surface area contributed by atoms with Crippen molar-refractivity contribution in [2.24, 2.45) is 0 Å². The largest absolute Gasteiger partial charge is 0.494 e. The number of aromatic nitrogens is 1. The highest BCUT2D eigenvalue weighted by molar-refractivity contribution is 7.22. The van der Waals surface area contributed by atoms with Gasteiger partial charge in [-0.25, -0.2) is 4.98 Å². The molecule has 6 heteroatoms. The van der Waals surface area contributed by atoms with Crippen LogP contribution in [0.3, 0.4) is 0 Å². The number of hydrogen-bond donors (Lipinski definition) is 0. The van der Waals surface area contributed by atoms with Crippen LogP contribution in [0.5, 0.6) is 5.75 Å². The molecule has 1 aromatic heterocycles. The van der Waals surface area contributed by atoms with Crippen LogP contribution in [0.25, 0.3) is 10.2 Å². The van der Waals surface area contributed by atoms with E-state index in [1.165, 1.54) is 15.8 Å². The van der Waals surface area contributed by atoms with Crippen LogP contribution in [0.1, 0.15) is 41.3 Å². The van der Waals surface area contributed by atoms with E-state index in [2.05, 4.69) is 37.8 Å². The number of carbonyl (C=O) groups excluding carboxylic acids is 1. The smallest absolute Gasteiger partial charge is 0.253 e. The fourth-order valence-corrected chi connectivity index (χ4v) is 4.74. The number of piperazine rings is 1. The minimum absolute atomic E-state index is 0.0885. The van der Waals surface area contributed by atoms with Crippen LogP contribution < -0.4 is 9.64 Å². The van der Waals surface area contributed by atoms with E-state index < -0.39 is 0 Å². The summed E-state index contributed by atoms with van der Waals surface area (Å²) >= 11 is 1.74. The number of benzene rings is 2. The molecule has 0 radical (unpaired) electrons. The third-order valence-corrected chi connectivity index (χ3v) is 6.86. The molecule has 2 heterocycles. The van der Waals surface area contributed by atoms with Crippen molar-refractivity contribution in [3.05, 3.63) is 53.1 Å². The Morgan fingerprint density at radius 1 is 1.07 bits per heavy atom. The number of anilines is 1. The molecule has 0 unspecified atom stereocenters. The summed E-state index contributed by atoms with van der Waals surface area (Å²) in [7, 11) is 0. The van der Waals surface area contributed by atoms with Gasteiger partial charge in [-0.15, -0.1) is 0 Å². The van der Waals surface area contributed by atoms with Crippen LogP contribution in [0.15, 0.2) is 36.4 Å². The van der Waals surface area contributed by atoms with E-state index in [9.17, 15) is 4.79 Å². The number of aryl methyl sites for hydroxylation is 2. The minimum Gasteiger partial charge on any atom is -0.494 e. The average Bonchev–Trinajstić information content (AvgIpc) is 3.22. The molecule has 0 N–H and O–H groups in total. The number of fused-ring (bicyclic) bond motifs is 1. The van der Waals surface area contributed by atoms with E-state index in [1.54, 1.807) is 11.3 Å². The monoisotopic (exact) mass is 423 g/mol. The van der Waals surface area contributed by atoms with Gasteiger partial charge in [-0.05, 0) is 61.7 Å². The van der Waals surface area contributed by atoms with Gasteiger partial charge in [0, 0.05) is 31.7 Å². The van der Waals surface area contributed by atoms with Gasteiger partial charge < -0.3 is 14.5 Å².